The van der Waals surface area contributed by atoms with Gasteiger partial charge >= 0.3 is 0 Å². The van der Waals surface area contributed by atoms with E-state index in [1.807, 2.05) is 0 Å². The predicted octanol–water partition coefficient (Wildman–Crippen LogP) is 2.07. The van der Waals surface area contributed by atoms with Gasteiger partial charge in [0, 0.05) is 12.7 Å². The Morgan fingerprint density at radius 1 is 1.37 bits per heavy atom. The number of hydrogen-bond donors (Lipinski definition) is 3. The molecule has 2 rings (SSSR count). The molecule has 1 amide bonds. The quantitative estimate of drug-likeness (QED) is 0.560. The summed E-state index contributed by atoms with van der Waals surface area (Å²) in [6, 6.07) is 3.37. The number of nitrogens with two attached hydrogens (primary N) is 1. The average molecular weight is 262 g/mol. The number of carbonyl (C=O) groups is 1. The zero-order valence-corrected chi connectivity index (χ0v) is 11.2. The summed E-state index contributed by atoms with van der Waals surface area (Å²) in [5.41, 5.74) is 3.60. The van der Waals surface area contributed by atoms with Crippen LogP contribution in [0.3, 0.4) is 0 Å². The fourth-order valence-electron chi connectivity index (χ4n) is 2.60. The molecule has 0 aliphatic heterocycles. The number of pyridine rings is 1. The Labute approximate surface area is 114 Å². The van der Waals surface area contributed by atoms with Crippen molar-refractivity contribution in [3.8, 4) is 0 Å². The minimum atomic E-state index is -0.132. The Bertz CT molecular complexity index is 416. The van der Waals surface area contributed by atoms with Gasteiger partial charge in [0.25, 0.3) is 5.91 Å². The molecule has 5 heteroatoms. The summed E-state index contributed by atoms with van der Waals surface area (Å²) in [5.74, 6) is 5.95. The first-order chi connectivity index (χ1) is 9.29. The van der Waals surface area contributed by atoms with Crippen molar-refractivity contribution < 1.29 is 4.79 Å². The molecule has 1 aliphatic rings. The molecule has 0 aromatic carbocycles. The molecule has 1 heterocycles. The van der Waals surface area contributed by atoms with Crippen LogP contribution in [0.4, 0.5) is 5.69 Å². The molecule has 1 fully saturated rings. The van der Waals surface area contributed by atoms with Crippen LogP contribution in [0.1, 0.15) is 49.0 Å². The molecule has 1 aromatic rings. The third kappa shape index (κ3) is 4.21. The van der Waals surface area contributed by atoms with Crippen molar-refractivity contribution in [2.45, 2.75) is 38.5 Å². The number of carbonyl (C=O) groups excluding carboxylic acids is 1. The zero-order chi connectivity index (χ0) is 13.5. The van der Waals surface area contributed by atoms with Gasteiger partial charge in [-0.15, -0.1) is 0 Å². The molecule has 0 radical (unpaired) electrons. The first kappa shape index (κ1) is 13.8. The van der Waals surface area contributed by atoms with Gasteiger partial charge in [-0.1, -0.05) is 32.1 Å². The predicted molar refractivity (Wildman–Crippen MR) is 75.6 cm³/mol. The van der Waals surface area contributed by atoms with Crippen molar-refractivity contribution in [1.82, 2.24) is 10.3 Å². The molecule has 5 nitrogen and oxygen atoms in total. The maximum Gasteiger partial charge on any atom is 0.269 e. The van der Waals surface area contributed by atoms with Gasteiger partial charge in [-0.25, -0.2) is 0 Å². The Morgan fingerprint density at radius 3 is 2.89 bits per heavy atom. The van der Waals surface area contributed by atoms with Gasteiger partial charge in [-0.3, -0.25) is 15.6 Å². The van der Waals surface area contributed by atoms with Crippen LogP contribution in [0, 0.1) is 5.92 Å². The zero-order valence-electron chi connectivity index (χ0n) is 11.2. The van der Waals surface area contributed by atoms with Gasteiger partial charge < -0.3 is 10.7 Å². The minimum Gasteiger partial charge on any atom is -0.351 e. The molecular formula is C14H22N4O. The largest absolute Gasteiger partial charge is 0.351 e. The average Bonchev–Trinajstić information content (AvgIpc) is 2.48. The van der Waals surface area contributed by atoms with Gasteiger partial charge in [0.05, 0.1) is 5.69 Å². The normalized spacial score (nSPS) is 16.1. The lowest BCUT2D eigenvalue weighted by Gasteiger charge is -2.21. The summed E-state index contributed by atoms with van der Waals surface area (Å²) in [5, 5.41) is 2.93. The Kier molecular flexibility index (Phi) is 5.15. The van der Waals surface area contributed by atoms with Crippen LogP contribution in [0.5, 0.6) is 0 Å². The van der Waals surface area contributed by atoms with E-state index in [0.29, 0.717) is 11.4 Å². The minimum absolute atomic E-state index is 0.132. The van der Waals surface area contributed by atoms with E-state index in [-0.39, 0.29) is 5.91 Å². The molecule has 0 saturated heterocycles. The van der Waals surface area contributed by atoms with E-state index in [9.17, 15) is 4.79 Å². The van der Waals surface area contributed by atoms with Crippen LogP contribution in [-0.4, -0.2) is 17.4 Å². The molecule has 4 N–H and O–H groups in total. The topological polar surface area (TPSA) is 80.0 Å². The van der Waals surface area contributed by atoms with E-state index in [0.717, 1.165) is 18.9 Å². The number of nitrogens with one attached hydrogen (secondary N) is 2. The summed E-state index contributed by atoms with van der Waals surface area (Å²) >= 11 is 0. The Hall–Kier alpha value is -1.62. The van der Waals surface area contributed by atoms with Crippen LogP contribution < -0.4 is 16.6 Å². The molecule has 0 bridgehead atoms. The molecule has 19 heavy (non-hydrogen) atoms. The molecule has 1 aliphatic carbocycles. The SMILES string of the molecule is NNc1ccnc(C(=O)NCCC2CCCCC2)c1. The Morgan fingerprint density at radius 2 is 2.16 bits per heavy atom. The number of hydrazine groups is 1. The van der Waals surface area contributed by atoms with E-state index in [1.165, 1.54) is 32.1 Å². The number of hydrogen-bond acceptors (Lipinski definition) is 4. The smallest absolute Gasteiger partial charge is 0.269 e. The third-order valence-corrected chi connectivity index (χ3v) is 3.72. The molecule has 104 valence electrons. The van der Waals surface area contributed by atoms with Crippen LogP contribution >= 0.6 is 0 Å². The fraction of sp³-hybridized carbons (Fsp3) is 0.571. The molecule has 0 spiro atoms. The molecule has 1 saturated carbocycles. The molecular weight excluding hydrogens is 240 g/mol. The van der Waals surface area contributed by atoms with Crippen molar-refractivity contribution in [1.29, 1.82) is 0 Å². The first-order valence-electron chi connectivity index (χ1n) is 7.00. The van der Waals surface area contributed by atoms with Crippen LogP contribution in [0.2, 0.25) is 0 Å². The van der Waals surface area contributed by atoms with E-state index >= 15 is 0 Å². The monoisotopic (exact) mass is 262 g/mol. The lowest BCUT2D eigenvalue weighted by molar-refractivity contribution is 0.0945. The summed E-state index contributed by atoms with van der Waals surface area (Å²) < 4.78 is 0. The highest BCUT2D eigenvalue weighted by Gasteiger charge is 2.14. The standard InChI is InChI=1S/C14H22N4O/c15-18-12-7-9-16-13(10-12)14(19)17-8-6-11-4-2-1-3-5-11/h7,9-11H,1-6,8,15H2,(H,16,18)(H,17,19). The molecule has 0 atom stereocenters. The molecule has 0 unspecified atom stereocenters. The number of amides is 1. The highest BCUT2D eigenvalue weighted by molar-refractivity contribution is 5.93. The summed E-state index contributed by atoms with van der Waals surface area (Å²) in [7, 11) is 0. The Balaban J connectivity index is 1.77. The van der Waals surface area contributed by atoms with Crippen LogP contribution in [-0.2, 0) is 0 Å². The first-order valence-corrected chi connectivity index (χ1v) is 7.00. The van der Waals surface area contributed by atoms with Crippen LogP contribution in [0.15, 0.2) is 18.3 Å². The van der Waals surface area contributed by atoms with Crippen molar-refractivity contribution in [3.63, 3.8) is 0 Å². The number of anilines is 1. The van der Waals surface area contributed by atoms with Gasteiger partial charge in [-0.2, -0.15) is 0 Å². The van der Waals surface area contributed by atoms with Crippen LogP contribution in [0.25, 0.3) is 0 Å². The summed E-state index contributed by atoms with van der Waals surface area (Å²) in [6.07, 6.45) is 9.30. The maximum absolute atomic E-state index is 11.9. The fourth-order valence-corrected chi connectivity index (χ4v) is 2.60. The number of nitrogens with zero attached hydrogens (tertiary/aromatic N) is 1. The second-order valence-corrected chi connectivity index (χ2v) is 5.12. The van der Waals surface area contributed by atoms with Crippen molar-refractivity contribution >= 4 is 11.6 Å². The van der Waals surface area contributed by atoms with E-state index in [1.54, 1.807) is 18.3 Å². The maximum atomic E-state index is 11.9. The van der Waals surface area contributed by atoms with E-state index in [2.05, 4.69) is 15.7 Å². The van der Waals surface area contributed by atoms with Crippen molar-refractivity contribution in [2.75, 3.05) is 12.0 Å². The van der Waals surface area contributed by atoms with Crippen molar-refractivity contribution in [2.24, 2.45) is 11.8 Å². The second-order valence-electron chi connectivity index (χ2n) is 5.12. The number of aromatic nitrogens is 1. The van der Waals surface area contributed by atoms with Gasteiger partial charge in [0.15, 0.2) is 0 Å². The summed E-state index contributed by atoms with van der Waals surface area (Å²) in [6.45, 7) is 0.728. The number of nitrogen functional groups attached to an aromatic ring is 1. The summed E-state index contributed by atoms with van der Waals surface area (Å²) in [4.78, 5) is 16.0. The third-order valence-electron chi connectivity index (χ3n) is 3.72. The highest BCUT2D eigenvalue weighted by Crippen LogP contribution is 2.25. The van der Waals surface area contributed by atoms with E-state index < -0.39 is 0 Å². The van der Waals surface area contributed by atoms with Crippen molar-refractivity contribution in [3.05, 3.63) is 24.0 Å². The van der Waals surface area contributed by atoms with Gasteiger partial charge in [0.2, 0.25) is 0 Å². The number of rotatable bonds is 5. The second kappa shape index (κ2) is 7.09. The van der Waals surface area contributed by atoms with E-state index in [4.69, 9.17) is 5.84 Å². The van der Waals surface area contributed by atoms with Gasteiger partial charge in [-0.05, 0) is 24.5 Å². The highest BCUT2D eigenvalue weighted by atomic mass is 16.1. The lowest BCUT2D eigenvalue weighted by Crippen LogP contribution is -2.27. The molecule has 1 aromatic heterocycles. The van der Waals surface area contributed by atoms with Gasteiger partial charge in [0.1, 0.15) is 5.69 Å². The lowest BCUT2D eigenvalue weighted by atomic mass is 9.87.